The third-order valence-corrected chi connectivity index (χ3v) is 7.94. The first-order valence-corrected chi connectivity index (χ1v) is 11.4. The van der Waals surface area contributed by atoms with E-state index in [1.54, 1.807) is 12.1 Å². The van der Waals surface area contributed by atoms with E-state index in [4.69, 9.17) is 32.7 Å². The quantitative estimate of drug-likeness (QED) is 0.470. The molecular weight excluding hydrogens is 477 g/mol. The van der Waals surface area contributed by atoms with Crippen LogP contribution < -0.4 is 0 Å². The standard InChI is InChI=1S/C20H18BrCl2N5O/c21-18-24-10-28(26-18)20-7-11-3-12(8-20)6-19(5-11,9-20)17-25-16(27-29-17)14-2-1-13(22)4-15(14)23/h1-2,4,10-12H,3,5-9H2. The molecule has 4 bridgehead atoms. The van der Waals surface area contributed by atoms with Crippen molar-refractivity contribution in [2.75, 3.05) is 0 Å². The number of nitrogens with zero attached hydrogens (tertiary/aromatic N) is 5. The molecule has 0 spiro atoms. The monoisotopic (exact) mass is 493 g/mol. The van der Waals surface area contributed by atoms with Crippen LogP contribution in [-0.4, -0.2) is 24.9 Å². The second-order valence-electron chi connectivity index (χ2n) is 8.97. The van der Waals surface area contributed by atoms with Crippen molar-refractivity contribution in [3.05, 3.63) is 45.2 Å². The average molecular weight is 495 g/mol. The lowest BCUT2D eigenvalue weighted by Gasteiger charge is -2.60. The van der Waals surface area contributed by atoms with Crippen molar-refractivity contribution in [3.8, 4) is 11.4 Å². The topological polar surface area (TPSA) is 69.6 Å². The average Bonchev–Trinajstić information content (AvgIpc) is 3.31. The molecule has 0 aliphatic heterocycles. The summed E-state index contributed by atoms with van der Waals surface area (Å²) in [6.07, 6.45) is 8.57. The summed E-state index contributed by atoms with van der Waals surface area (Å²) in [7, 11) is 0. The van der Waals surface area contributed by atoms with Crippen LogP contribution in [0.5, 0.6) is 0 Å². The van der Waals surface area contributed by atoms with Crippen LogP contribution >= 0.6 is 39.1 Å². The third-order valence-electron chi connectivity index (χ3n) is 7.03. The van der Waals surface area contributed by atoms with Crippen molar-refractivity contribution in [3.63, 3.8) is 0 Å². The molecule has 1 aromatic carbocycles. The maximum atomic E-state index is 6.37. The largest absolute Gasteiger partial charge is 0.338 e. The Bertz CT molecular complexity index is 1100. The summed E-state index contributed by atoms with van der Waals surface area (Å²) in [5, 5.41) is 10.0. The van der Waals surface area contributed by atoms with E-state index in [1.165, 1.54) is 6.42 Å². The normalized spacial score (nSPS) is 32.8. The number of halogens is 3. The lowest BCUT2D eigenvalue weighted by Crippen LogP contribution is -2.58. The van der Waals surface area contributed by atoms with Gasteiger partial charge in [-0.25, -0.2) is 9.67 Å². The molecule has 2 aromatic heterocycles. The Hall–Kier alpha value is -1.44. The first kappa shape index (κ1) is 18.3. The smallest absolute Gasteiger partial charge is 0.233 e. The summed E-state index contributed by atoms with van der Waals surface area (Å²) in [4.78, 5) is 9.15. The Balaban J connectivity index is 1.40. The Morgan fingerprint density at radius 1 is 1.14 bits per heavy atom. The van der Waals surface area contributed by atoms with Gasteiger partial charge in [-0.1, -0.05) is 28.4 Å². The van der Waals surface area contributed by atoms with Crippen LogP contribution in [0.3, 0.4) is 0 Å². The number of benzene rings is 1. The molecule has 6 nitrogen and oxygen atoms in total. The van der Waals surface area contributed by atoms with Gasteiger partial charge in [-0.3, -0.25) is 0 Å². The molecule has 0 radical (unpaired) electrons. The summed E-state index contributed by atoms with van der Waals surface area (Å²) in [5.41, 5.74) is 0.619. The maximum Gasteiger partial charge on any atom is 0.233 e. The van der Waals surface area contributed by atoms with Crippen LogP contribution in [0.15, 0.2) is 33.8 Å². The van der Waals surface area contributed by atoms with E-state index in [0.717, 1.165) is 43.6 Å². The van der Waals surface area contributed by atoms with Crippen molar-refractivity contribution in [1.29, 1.82) is 0 Å². The summed E-state index contributed by atoms with van der Waals surface area (Å²) >= 11 is 15.8. The van der Waals surface area contributed by atoms with Crippen molar-refractivity contribution in [2.24, 2.45) is 11.8 Å². The van der Waals surface area contributed by atoms with Gasteiger partial charge in [-0.2, -0.15) is 4.98 Å². The molecule has 4 saturated carbocycles. The zero-order valence-corrected chi connectivity index (χ0v) is 18.6. The Morgan fingerprint density at radius 3 is 2.62 bits per heavy atom. The molecule has 7 rings (SSSR count). The zero-order chi connectivity index (χ0) is 19.8. The Kier molecular flexibility index (Phi) is 3.97. The molecule has 150 valence electrons. The molecule has 29 heavy (non-hydrogen) atoms. The lowest BCUT2D eigenvalue weighted by molar-refractivity contribution is -0.0787. The summed E-state index contributed by atoms with van der Waals surface area (Å²) in [6, 6.07) is 5.34. The zero-order valence-electron chi connectivity index (χ0n) is 15.5. The van der Waals surface area contributed by atoms with E-state index in [1.807, 2.05) is 12.4 Å². The molecule has 2 unspecified atom stereocenters. The molecule has 3 aromatic rings. The van der Waals surface area contributed by atoms with E-state index in [0.29, 0.717) is 32.4 Å². The van der Waals surface area contributed by atoms with E-state index in [2.05, 4.69) is 35.9 Å². The first-order chi connectivity index (χ1) is 13.9. The molecule has 0 saturated heterocycles. The van der Waals surface area contributed by atoms with Gasteiger partial charge in [-0.15, -0.1) is 5.10 Å². The minimum Gasteiger partial charge on any atom is -0.338 e. The van der Waals surface area contributed by atoms with Gasteiger partial charge in [0.05, 0.1) is 16.0 Å². The van der Waals surface area contributed by atoms with Crippen LogP contribution in [0.4, 0.5) is 0 Å². The van der Waals surface area contributed by atoms with Crippen LogP contribution in [0.1, 0.15) is 44.4 Å². The van der Waals surface area contributed by atoms with Gasteiger partial charge in [0.2, 0.25) is 16.4 Å². The van der Waals surface area contributed by atoms with Crippen molar-refractivity contribution in [2.45, 2.75) is 49.5 Å². The highest BCUT2D eigenvalue weighted by molar-refractivity contribution is 9.10. The maximum absolute atomic E-state index is 6.37. The van der Waals surface area contributed by atoms with Gasteiger partial charge in [0.15, 0.2) is 0 Å². The Morgan fingerprint density at radius 2 is 1.93 bits per heavy atom. The van der Waals surface area contributed by atoms with Gasteiger partial charge in [-0.05, 0) is 84.5 Å². The molecule has 0 N–H and O–H groups in total. The molecule has 4 fully saturated rings. The highest BCUT2D eigenvalue weighted by Crippen LogP contribution is 2.64. The van der Waals surface area contributed by atoms with Crippen molar-refractivity contribution < 1.29 is 4.52 Å². The third kappa shape index (κ3) is 2.81. The number of aromatic nitrogens is 5. The molecule has 2 heterocycles. The first-order valence-electron chi connectivity index (χ1n) is 9.82. The van der Waals surface area contributed by atoms with Crippen LogP contribution in [0, 0.1) is 11.8 Å². The van der Waals surface area contributed by atoms with E-state index < -0.39 is 0 Å². The van der Waals surface area contributed by atoms with Crippen LogP contribution in [-0.2, 0) is 11.0 Å². The summed E-state index contributed by atoms with van der Waals surface area (Å²) < 4.78 is 8.59. The highest BCUT2D eigenvalue weighted by Gasteiger charge is 2.61. The van der Waals surface area contributed by atoms with E-state index >= 15 is 0 Å². The fourth-order valence-corrected chi connectivity index (χ4v) is 7.18. The van der Waals surface area contributed by atoms with Gasteiger partial charge < -0.3 is 4.52 Å². The van der Waals surface area contributed by atoms with Crippen LogP contribution in [0.25, 0.3) is 11.4 Å². The molecule has 4 aliphatic rings. The molecule has 9 heteroatoms. The predicted molar refractivity (Wildman–Crippen MR) is 112 cm³/mol. The Labute approximate surface area is 186 Å². The molecular formula is C20H18BrCl2N5O. The molecule has 4 aliphatic carbocycles. The van der Waals surface area contributed by atoms with Crippen molar-refractivity contribution >= 4 is 39.1 Å². The van der Waals surface area contributed by atoms with Gasteiger partial charge >= 0.3 is 0 Å². The fraction of sp³-hybridized carbons (Fsp3) is 0.500. The van der Waals surface area contributed by atoms with Crippen LogP contribution in [0.2, 0.25) is 10.0 Å². The summed E-state index contributed by atoms with van der Waals surface area (Å²) in [6.45, 7) is 0. The second kappa shape index (κ2) is 6.28. The van der Waals surface area contributed by atoms with E-state index in [-0.39, 0.29) is 11.0 Å². The van der Waals surface area contributed by atoms with Crippen molar-refractivity contribution in [1.82, 2.24) is 24.9 Å². The number of hydrogen-bond donors (Lipinski definition) is 0. The van der Waals surface area contributed by atoms with Gasteiger partial charge in [0.25, 0.3) is 0 Å². The number of rotatable bonds is 3. The second-order valence-corrected chi connectivity index (χ2v) is 10.5. The van der Waals surface area contributed by atoms with Gasteiger partial charge in [0.1, 0.15) is 6.33 Å². The minimum atomic E-state index is -0.105. The fourth-order valence-electron chi connectivity index (χ4n) is 6.42. The lowest BCUT2D eigenvalue weighted by atomic mass is 9.47. The molecule has 2 atom stereocenters. The highest BCUT2D eigenvalue weighted by atomic mass is 79.9. The molecule has 0 amide bonds. The van der Waals surface area contributed by atoms with Gasteiger partial charge in [0, 0.05) is 10.6 Å². The summed E-state index contributed by atoms with van der Waals surface area (Å²) in [5.74, 6) is 2.55. The SMILES string of the molecule is Clc1ccc(-c2noc(C34CC5CC(C3)CC(n3cnc(Br)n3)(C5)C4)n2)c(Cl)c1. The number of hydrogen-bond acceptors (Lipinski definition) is 5. The van der Waals surface area contributed by atoms with E-state index in [9.17, 15) is 0 Å². The minimum absolute atomic E-state index is 0.0182. The predicted octanol–water partition coefficient (Wildman–Crippen LogP) is 5.64.